The Morgan fingerprint density at radius 3 is 2.86 bits per heavy atom. The van der Waals surface area contributed by atoms with E-state index >= 15 is 0 Å². The van der Waals surface area contributed by atoms with Crippen LogP contribution in [0, 0.1) is 5.82 Å². The summed E-state index contributed by atoms with van der Waals surface area (Å²) in [7, 11) is 0. The van der Waals surface area contributed by atoms with Crippen LogP contribution in [0.2, 0.25) is 5.02 Å². The van der Waals surface area contributed by atoms with Gasteiger partial charge in [0, 0.05) is 0 Å². The Morgan fingerprint density at radius 2 is 2.21 bits per heavy atom. The van der Waals surface area contributed by atoms with Crippen molar-refractivity contribution < 1.29 is 9.50 Å². The van der Waals surface area contributed by atoms with Gasteiger partial charge in [-0.15, -0.1) is 0 Å². The van der Waals surface area contributed by atoms with Gasteiger partial charge in [0.05, 0.1) is 11.1 Å². The maximum atomic E-state index is 13.0. The van der Waals surface area contributed by atoms with Crippen molar-refractivity contribution in [2.24, 2.45) is 0 Å². The average Bonchev–Trinajstić information content (AvgIpc) is 2.12. The second-order valence-electron chi connectivity index (χ2n) is 3.45. The van der Waals surface area contributed by atoms with Crippen molar-refractivity contribution in [3.63, 3.8) is 0 Å². The van der Waals surface area contributed by atoms with Crippen molar-refractivity contribution in [2.75, 3.05) is 0 Å². The maximum absolute atomic E-state index is 13.0. The third-order valence-electron chi connectivity index (χ3n) is 2.10. The smallest absolute Gasteiger partial charge is 0.142 e. The molecule has 1 atom stereocenters. The maximum Gasteiger partial charge on any atom is 0.142 e. The lowest BCUT2D eigenvalue weighted by molar-refractivity contribution is 0.181. The molecular weight excluding hydrogens is 203 g/mol. The summed E-state index contributed by atoms with van der Waals surface area (Å²) in [4.78, 5) is 0. The summed E-state index contributed by atoms with van der Waals surface area (Å²) in [5.74, 6) is -0.374. The Morgan fingerprint density at radius 1 is 1.50 bits per heavy atom. The van der Waals surface area contributed by atoms with Crippen LogP contribution >= 0.6 is 11.6 Å². The first-order valence-electron chi connectivity index (χ1n) is 4.72. The quantitative estimate of drug-likeness (QED) is 0.820. The van der Waals surface area contributed by atoms with Gasteiger partial charge >= 0.3 is 0 Å². The van der Waals surface area contributed by atoms with Gasteiger partial charge in [0.25, 0.3) is 0 Å². The molecule has 0 spiro atoms. The van der Waals surface area contributed by atoms with Gasteiger partial charge in [-0.25, -0.2) is 4.39 Å². The van der Waals surface area contributed by atoms with Crippen LogP contribution in [-0.4, -0.2) is 11.2 Å². The highest BCUT2D eigenvalue weighted by Gasteiger charge is 2.05. The molecule has 1 unspecified atom stereocenters. The van der Waals surface area contributed by atoms with Crippen LogP contribution in [0.4, 0.5) is 4.39 Å². The number of halogens is 2. The summed E-state index contributed by atoms with van der Waals surface area (Å²) >= 11 is 5.77. The molecule has 0 aliphatic heterocycles. The van der Waals surface area contributed by atoms with Crippen molar-refractivity contribution in [3.05, 3.63) is 34.6 Å². The van der Waals surface area contributed by atoms with E-state index in [0.29, 0.717) is 12.8 Å². The number of benzene rings is 1. The molecule has 0 aliphatic carbocycles. The summed E-state index contributed by atoms with van der Waals surface area (Å²) in [6.45, 7) is 1.74. The summed E-state index contributed by atoms with van der Waals surface area (Å²) in [5, 5.41) is 9.25. The number of hydrogen-bond donors (Lipinski definition) is 1. The number of aliphatic hydroxyl groups excluding tert-OH is 1. The van der Waals surface area contributed by atoms with Gasteiger partial charge in [-0.3, -0.25) is 0 Å². The fourth-order valence-corrected chi connectivity index (χ4v) is 1.55. The van der Waals surface area contributed by atoms with Crippen LogP contribution in [0.15, 0.2) is 18.2 Å². The van der Waals surface area contributed by atoms with E-state index in [4.69, 9.17) is 16.7 Å². The lowest BCUT2D eigenvalue weighted by Gasteiger charge is -2.06. The van der Waals surface area contributed by atoms with Crippen LogP contribution < -0.4 is 0 Å². The summed E-state index contributed by atoms with van der Waals surface area (Å²) in [5.41, 5.74) is 0.812. The molecule has 0 heterocycles. The molecule has 0 bridgehead atoms. The third kappa shape index (κ3) is 3.28. The largest absolute Gasteiger partial charge is 0.393 e. The number of rotatable bonds is 4. The summed E-state index contributed by atoms with van der Waals surface area (Å²) in [6, 6.07) is 4.81. The molecule has 0 saturated heterocycles. The molecular formula is C11H14ClFO. The SMILES string of the molecule is CC(O)CCCc1cccc(F)c1Cl. The Bertz CT molecular complexity index is 299. The van der Waals surface area contributed by atoms with Gasteiger partial charge in [-0.1, -0.05) is 23.7 Å². The molecule has 0 fully saturated rings. The average molecular weight is 217 g/mol. The van der Waals surface area contributed by atoms with Crippen molar-refractivity contribution in [1.29, 1.82) is 0 Å². The Labute approximate surface area is 88.5 Å². The van der Waals surface area contributed by atoms with Crippen LogP contribution in [-0.2, 0) is 6.42 Å². The molecule has 1 aromatic carbocycles. The van der Waals surface area contributed by atoms with E-state index < -0.39 is 0 Å². The minimum atomic E-state index is -0.374. The van der Waals surface area contributed by atoms with Crippen molar-refractivity contribution in [3.8, 4) is 0 Å². The van der Waals surface area contributed by atoms with E-state index in [-0.39, 0.29) is 16.9 Å². The normalized spacial score (nSPS) is 12.9. The molecule has 0 radical (unpaired) electrons. The van der Waals surface area contributed by atoms with Crippen molar-refractivity contribution >= 4 is 11.6 Å². The van der Waals surface area contributed by atoms with Gasteiger partial charge in [0.2, 0.25) is 0 Å². The topological polar surface area (TPSA) is 20.2 Å². The van der Waals surface area contributed by atoms with E-state index in [1.807, 2.05) is 6.07 Å². The van der Waals surface area contributed by atoms with Crippen molar-refractivity contribution in [2.45, 2.75) is 32.3 Å². The highest BCUT2D eigenvalue weighted by Crippen LogP contribution is 2.21. The molecule has 1 nitrogen and oxygen atoms in total. The Hall–Kier alpha value is -0.600. The highest BCUT2D eigenvalue weighted by molar-refractivity contribution is 6.31. The molecule has 0 amide bonds. The van der Waals surface area contributed by atoms with Gasteiger partial charge in [0.15, 0.2) is 0 Å². The zero-order chi connectivity index (χ0) is 10.6. The Kier molecular flexibility index (Phi) is 4.36. The lowest BCUT2D eigenvalue weighted by Crippen LogP contribution is -2.00. The predicted molar refractivity (Wildman–Crippen MR) is 56.0 cm³/mol. The third-order valence-corrected chi connectivity index (χ3v) is 2.52. The van der Waals surface area contributed by atoms with Crippen molar-refractivity contribution in [1.82, 2.24) is 0 Å². The van der Waals surface area contributed by atoms with Gasteiger partial charge in [-0.05, 0) is 37.8 Å². The molecule has 3 heteroatoms. The first kappa shape index (κ1) is 11.5. The first-order chi connectivity index (χ1) is 6.61. The fourth-order valence-electron chi connectivity index (χ4n) is 1.33. The van der Waals surface area contributed by atoms with Gasteiger partial charge in [0.1, 0.15) is 5.82 Å². The molecule has 0 aromatic heterocycles. The zero-order valence-electron chi connectivity index (χ0n) is 8.13. The van der Waals surface area contributed by atoms with E-state index in [1.54, 1.807) is 13.0 Å². The number of aryl methyl sites for hydroxylation is 1. The van der Waals surface area contributed by atoms with Crippen LogP contribution in [0.5, 0.6) is 0 Å². The monoisotopic (exact) mass is 216 g/mol. The zero-order valence-corrected chi connectivity index (χ0v) is 8.89. The number of aliphatic hydroxyl groups is 1. The lowest BCUT2D eigenvalue weighted by atomic mass is 10.1. The summed E-state index contributed by atoms with van der Waals surface area (Å²) in [6.07, 6.45) is 1.94. The minimum absolute atomic E-state index is 0.207. The first-order valence-corrected chi connectivity index (χ1v) is 5.10. The van der Waals surface area contributed by atoms with Gasteiger partial charge < -0.3 is 5.11 Å². The summed E-state index contributed by atoms with van der Waals surface area (Å²) < 4.78 is 13.0. The minimum Gasteiger partial charge on any atom is -0.393 e. The standard InChI is InChI=1S/C11H14ClFO/c1-8(14)4-2-5-9-6-3-7-10(13)11(9)12/h3,6-8,14H,2,4-5H2,1H3. The highest BCUT2D eigenvalue weighted by atomic mass is 35.5. The molecule has 0 aliphatic rings. The predicted octanol–water partition coefficient (Wildman–Crippen LogP) is 3.18. The van der Waals surface area contributed by atoms with Gasteiger partial charge in [-0.2, -0.15) is 0 Å². The van der Waals surface area contributed by atoms with Crippen LogP contribution in [0.25, 0.3) is 0 Å². The number of hydrogen-bond acceptors (Lipinski definition) is 1. The second kappa shape index (κ2) is 5.32. The molecule has 0 saturated carbocycles. The molecule has 1 aromatic rings. The fraction of sp³-hybridized carbons (Fsp3) is 0.455. The van der Waals surface area contributed by atoms with E-state index in [0.717, 1.165) is 12.0 Å². The van der Waals surface area contributed by atoms with Crippen LogP contribution in [0.3, 0.4) is 0 Å². The van der Waals surface area contributed by atoms with E-state index in [2.05, 4.69) is 0 Å². The molecule has 14 heavy (non-hydrogen) atoms. The van der Waals surface area contributed by atoms with E-state index in [1.165, 1.54) is 6.07 Å². The molecule has 1 N–H and O–H groups in total. The second-order valence-corrected chi connectivity index (χ2v) is 3.83. The van der Waals surface area contributed by atoms with E-state index in [9.17, 15) is 4.39 Å². The van der Waals surface area contributed by atoms with Crippen LogP contribution in [0.1, 0.15) is 25.3 Å². The molecule has 78 valence electrons. The Balaban J connectivity index is 2.54. The molecule has 1 rings (SSSR count).